The third-order valence-electron chi connectivity index (χ3n) is 3.36. The Kier molecular flexibility index (Phi) is 2.49. The van der Waals surface area contributed by atoms with Crippen LogP contribution in [-0.2, 0) is 11.6 Å². The molecule has 0 saturated heterocycles. The van der Waals surface area contributed by atoms with E-state index in [9.17, 15) is 18.3 Å². The van der Waals surface area contributed by atoms with Crippen LogP contribution >= 0.6 is 0 Å². The average Bonchev–Trinajstić information content (AvgIpc) is 2.97. The first-order chi connectivity index (χ1) is 7.38. The standard InChI is InChI=1S/C12H13F3O/c1-8(16)11(6-7-11)9-4-2-3-5-10(9)12(13,14)15/h2-5,8,16H,6-7H2,1H3. The van der Waals surface area contributed by atoms with Crippen molar-refractivity contribution in [3.05, 3.63) is 35.4 Å². The summed E-state index contributed by atoms with van der Waals surface area (Å²) in [7, 11) is 0. The normalized spacial score (nSPS) is 20.6. The van der Waals surface area contributed by atoms with Gasteiger partial charge in [0.1, 0.15) is 0 Å². The number of rotatable bonds is 2. The van der Waals surface area contributed by atoms with Crippen LogP contribution in [0.25, 0.3) is 0 Å². The van der Waals surface area contributed by atoms with Crippen molar-refractivity contribution in [2.24, 2.45) is 0 Å². The van der Waals surface area contributed by atoms with Gasteiger partial charge in [0, 0.05) is 5.41 Å². The zero-order chi connectivity index (χ0) is 12.0. The van der Waals surface area contributed by atoms with E-state index < -0.39 is 23.3 Å². The maximum atomic E-state index is 12.8. The highest BCUT2D eigenvalue weighted by Crippen LogP contribution is 2.53. The van der Waals surface area contributed by atoms with Crippen molar-refractivity contribution in [3.63, 3.8) is 0 Å². The van der Waals surface area contributed by atoms with Crippen LogP contribution in [0.3, 0.4) is 0 Å². The van der Waals surface area contributed by atoms with Crippen LogP contribution in [0.2, 0.25) is 0 Å². The summed E-state index contributed by atoms with van der Waals surface area (Å²) in [6.07, 6.45) is -3.84. The average molecular weight is 230 g/mol. The Labute approximate surface area is 91.9 Å². The molecule has 0 amide bonds. The summed E-state index contributed by atoms with van der Waals surface area (Å²) >= 11 is 0. The molecule has 0 heterocycles. The summed E-state index contributed by atoms with van der Waals surface area (Å²) in [6.45, 7) is 1.56. The molecule has 1 aromatic rings. The van der Waals surface area contributed by atoms with Gasteiger partial charge >= 0.3 is 6.18 Å². The highest BCUT2D eigenvalue weighted by Gasteiger charge is 2.52. The van der Waals surface area contributed by atoms with E-state index in [1.54, 1.807) is 13.0 Å². The molecule has 1 unspecified atom stereocenters. The highest BCUT2D eigenvalue weighted by atomic mass is 19.4. The van der Waals surface area contributed by atoms with E-state index in [1.807, 2.05) is 0 Å². The molecule has 1 aliphatic rings. The Bertz CT molecular complexity index is 391. The predicted molar refractivity (Wildman–Crippen MR) is 54.0 cm³/mol. The molecule has 88 valence electrons. The first-order valence-electron chi connectivity index (χ1n) is 5.23. The van der Waals surface area contributed by atoms with E-state index >= 15 is 0 Å². The molecule has 1 aliphatic carbocycles. The van der Waals surface area contributed by atoms with Gasteiger partial charge in [-0.25, -0.2) is 0 Å². The van der Waals surface area contributed by atoms with Crippen LogP contribution in [0, 0.1) is 0 Å². The van der Waals surface area contributed by atoms with Crippen molar-refractivity contribution in [1.82, 2.24) is 0 Å². The second-order valence-electron chi connectivity index (χ2n) is 4.38. The molecule has 0 radical (unpaired) electrons. The van der Waals surface area contributed by atoms with Gasteiger partial charge in [0.05, 0.1) is 11.7 Å². The largest absolute Gasteiger partial charge is 0.416 e. The molecule has 16 heavy (non-hydrogen) atoms. The lowest BCUT2D eigenvalue weighted by molar-refractivity contribution is -0.138. The summed E-state index contributed by atoms with van der Waals surface area (Å²) in [6, 6.07) is 5.53. The van der Waals surface area contributed by atoms with Gasteiger partial charge in [-0.3, -0.25) is 0 Å². The van der Waals surface area contributed by atoms with Crippen molar-refractivity contribution in [1.29, 1.82) is 0 Å². The van der Waals surface area contributed by atoms with E-state index in [2.05, 4.69) is 0 Å². The predicted octanol–water partition coefficient (Wildman–Crippen LogP) is 3.12. The van der Waals surface area contributed by atoms with Gasteiger partial charge in [-0.15, -0.1) is 0 Å². The van der Waals surface area contributed by atoms with Gasteiger partial charge in [0.25, 0.3) is 0 Å². The molecule has 2 rings (SSSR count). The molecule has 1 N–H and O–H groups in total. The van der Waals surface area contributed by atoms with E-state index in [4.69, 9.17) is 0 Å². The lowest BCUT2D eigenvalue weighted by Gasteiger charge is -2.23. The van der Waals surface area contributed by atoms with Crippen molar-refractivity contribution in [3.8, 4) is 0 Å². The first-order valence-corrected chi connectivity index (χ1v) is 5.23. The summed E-state index contributed by atoms with van der Waals surface area (Å²) in [4.78, 5) is 0. The van der Waals surface area contributed by atoms with Crippen LogP contribution in [0.15, 0.2) is 24.3 Å². The van der Waals surface area contributed by atoms with Gasteiger partial charge in [-0.05, 0) is 31.4 Å². The fourth-order valence-corrected chi connectivity index (χ4v) is 2.21. The molecule has 4 heteroatoms. The third kappa shape index (κ3) is 1.71. The minimum Gasteiger partial charge on any atom is -0.392 e. The topological polar surface area (TPSA) is 20.2 Å². The zero-order valence-electron chi connectivity index (χ0n) is 8.88. The molecule has 1 saturated carbocycles. The Morgan fingerprint density at radius 1 is 1.25 bits per heavy atom. The van der Waals surface area contributed by atoms with Crippen molar-refractivity contribution in [2.45, 2.75) is 37.5 Å². The maximum Gasteiger partial charge on any atom is 0.416 e. The summed E-state index contributed by atoms with van der Waals surface area (Å²) in [5.41, 5.74) is -1.06. The molecule has 0 spiro atoms. The number of aliphatic hydroxyl groups excluding tert-OH is 1. The SMILES string of the molecule is CC(O)C1(c2ccccc2C(F)(F)F)CC1. The molecule has 1 fully saturated rings. The van der Waals surface area contributed by atoms with Crippen LogP contribution in [-0.4, -0.2) is 11.2 Å². The molecular weight excluding hydrogens is 217 g/mol. The number of hydrogen-bond acceptors (Lipinski definition) is 1. The number of hydrogen-bond donors (Lipinski definition) is 1. The lowest BCUT2D eigenvalue weighted by Crippen LogP contribution is -2.26. The summed E-state index contributed by atoms with van der Waals surface area (Å²) < 4.78 is 38.4. The molecule has 0 bridgehead atoms. The van der Waals surface area contributed by atoms with E-state index in [0.29, 0.717) is 12.8 Å². The second-order valence-corrected chi connectivity index (χ2v) is 4.38. The fraction of sp³-hybridized carbons (Fsp3) is 0.500. The number of alkyl halides is 3. The number of aliphatic hydroxyl groups is 1. The van der Waals surface area contributed by atoms with Crippen LogP contribution in [0.5, 0.6) is 0 Å². The van der Waals surface area contributed by atoms with Crippen molar-refractivity contribution < 1.29 is 18.3 Å². The quantitative estimate of drug-likeness (QED) is 0.827. The van der Waals surface area contributed by atoms with Crippen LogP contribution < -0.4 is 0 Å². The van der Waals surface area contributed by atoms with E-state index in [1.165, 1.54) is 12.1 Å². The van der Waals surface area contributed by atoms with Gasteiger partial charge in [0.15, 0.2) is 0 Å². The minimum atomic E-state index is -4.35. The number of benzene rings is 1. The van der Waals surface area contributed by atoms with Crippen molar-refractivity contribution in [2.75, 3.05) is 0 Å². The van der Waals surface area contributed by atoms with Crippen LogP contribution in [0.1, 0.15) is 30.9 Å². The van der Waals surface area contributed by atoms with E-state index in [-0.39, 0.29) is 5.56 Å². The molecule has 1 nitrogen and oxygen atoms in total. The van der Waals surface area contributed by atoms with Gasteiger partial charge < -0.3 is 5.11 Å². The fourth-order valence-electron chi connectivity index (χ4n) is 2.21. The first kappa shape index (κ1) is 11.5. The molecular formula is C12H13F3O. The van der Waals surface area contributed by atoms with Gasteiger partial charge in [-0.2, -0.15) is 13.2 Å². The molecule has 0 aliphatic heterocycles. The van der Waals surface area contributed by atoms with Gasteiger partial charge in [-0.1, -0.05) is 18.2 Å². The smallest absolute Gasteiger partial charge is 0.392 e. The van der Waals surface area contributed by atoms with Gasteiger partial charge in [0.2, 0.25) is 0 Å². The van der Waals surface area contributed by atoms with Crippen LogP contribution in [0.4, 0.5) is 13.2 Å². The zero-order valence-corrected chi connectivity index (χ0v) is 8.88. The van der Waals surface area contributed by atoms with Crippen molar-refractivity contribution >= 4 is 0 Å². The van der Waals surface area contributed by atoms with E-state index in [0.717, 1.165) is 6.07 Å². The Hall–Kier alpha value is -1.03. The molecule has 1 aromatic carbocycles. The Morgan fingerprint density at radius 2 is 1.81 bits per heavy atom. The molecule has 1 atom stereocenters. The minimum absolute atomic E-state index is 0.234. The molecule has 0 aromatic heterocycles. The summed E-state index contributed by atoms with van der Waals surface area (Å²) in [5.74, 6) is 0. The highest BCUT2D eigenvalue weighted by molar-refractivity contribution is 5.41. The Morgan fingerprint density at radius 3 is 2.25 bits per heavy atom. The monoisotopic (exact) mass is 230 g/mol. The Balaban J connectivity index is 2.50. The second kappa shape index (κ2) is 3.48. The summed E-state index contributed by atoms with van der Waals surface area (Å²) in [5, 5.41) is 9.62. The maximum absolute atomic E-state index is 12.8. The third-order valence-corrected chi connectivity index (χ3v) is 3.36. The lowest BCUT2D eigenvalue weighted by atomic mass is 9.87. The number of halogens is 3.